The van der Waals surface area contributed by atoms with E-state index < -0.39 is 75.7 Å². The van der Waals surface area contributed by atoms with Crippen molar-refractivity contribution in [1.82, 2.24) is 5.16 Å². The first kappa shape index (κ1) is 39.3. The first-order chi connectivity index (χ1) is 24.4. The van der Waals surface area contributed by atoms with Gasteiger partial charge in [-0.15, -0.1) is 0 Å². The number of hydrogen-bond donors (Lipinski definition) is 2. The predicted molar refractivity (Wildman–Crippen MR) is 187 cm³/mol. The van der Waals surface area contributed by atoms with Crippen molar-refractivity contribution in [2.75, 3.05) is 11.5 Å². The Morgan fingerprint density at radius 1 is 0.925 bits per heavy atom. The number of rotatable bonds is 6. The third kappa shape index (κ3) is 7.90. The number of benzene rings is 1. The lowest BCUT2D eigenvalue weighted by Gasteiger charge is -2.45. The van der Waals surface area contributed by atoms with Crippen molar-refractivity contribution in [1.29, 1.82) is 0 Å². The fourth-order valence-electron chi connectivity index (χ4n) is 6.67. The van der Waals surface area contributed by atoms with Gasteiger partial charge in [0.1, 0.15) is 33.9 Å². The maximum atomic E-state index is 14.5. The minimum atomic E-state index is -2.50. The molecule has 0 saturated carbocycles. The molecule has 3 aliphatic carbocycles. The average molecular weight is 741 g/mol. The van der Waals surface area contributed by atoms with Crippen LogP contribution in [0, 0.1) is 11.8 Å². The molecule has 5 rings (SSSR count). The number of unbranched alkanes of at least 4 members (excludes halogenated alkanes) is 1. The second-order valence-corrected chi connectivity index (χ2v) is 16.6. The predicted octanol–water partition coefficient (Wildman–Crippen LogP) is 7.20. The average Bonchev–Trinajstić information content (AvgIpc) is 3.38. The van der Waals surface area contributed by atoms with Crippen LogP contribution in [0.4, 0.5) is 20.1 Å². The summed E-state index contributed by atoms with van der Waals surface area (Å²) < 4.78 is 33.1. The molecule has 3 aliphatic rings. The number of anilines is 1. The summed E-state index contributed by atoms with van der Waals surface area (Å²) in [7, 11) is 0. The van der Waals surface area contributed by atoms with Gasteiger partial charge in [0.2, 0.25) is 5.78 Å². The fourth-order valence-corrected chi connectivity index (χ4v) is 6.67. The molecule has 0 aliphatic heterocycles. The van der Waals surface area contributed by atoms with Gasteiger partial charge in [0.05, 0.1) is 17.9 Å². The van der Waals surface area contributed by atoms with Crippen molar-refractivity contribution in [2.24, 2.45) is 11.8 Å². The third-order valence-corrected chi connectivity index (χ3v) is 8.76. The Kier molecular flexibility index (Phi) is 10.2. The van der Waals surface area contributed by atoms with Gasteiger partial charge in [-0.1, -0.05) is 13.3 Å². The van der Waals surface area contributed by atoms with Gasteiger partial charge in [-0.25, -0.2) is 14.4 Å². The van der Waals surface area contributed by atoms with Gasteiger partial charge < -0.3 is 38.4 Å². The number of aliphatic hydroxyl groups excluding tert-OH is 1. The number of fused-ring (bicyclic) bond motifs is 4. The highest BCUT2D eigenvalue weighted by Gasteiger charge is 2.60. The number of imide groups is 1. The van der Waals surface area contributed by atoms with Gasteiger partial charge in [-0.2, -0.15) is 4.90 Å². The molecule has 15 nitrogen and oxygen atoms in total. The van der Waals surface area contributed by atoms with Gasteiger partial charge in [-0.05, 0) is 104 Å². The molecular formula is C38H48N2O13. The van der Waals surface area contributed by atoms with Crippen LogP contribution >= 0.6 is 0 Å². The Morgan fingerprint density at radius 3 is 2.09 bits per heavy atom. The molecule has 0 spiro atoms. The molecule has 2 amide bonds. The van der Waals surface area contributed by atoms with Crippen molar-refractivity contribution in [3.05, 3.63) is 45.9 Å². The molecule has 15 heteroatoms. The van der Waals surface area contributed by atoms with Crippen LogP contribution in [0.2, 0.25) is 0 Å². The maximum Gasteiger partial charge on any atom is 0.514 e. The van der Waals surface area contributed by atoms with E-state index in [1.54, 1.807) is 62.3 Å². The van der Waals surface area contributed by atoms with Crippen LogP contribution < -0.4 is 14.4 Å². The summed E-state index contributed by atoms with van der Waals surface area (Å²) in [6.45, 7) is 16.7. The number of ketones is 2. The molecule has 3 atom stereocenters. The Hall–Kier alpha value is -4.92. The number of aromatic nitrogens is 1. The van der Waals surface area contributed by atoms with Crippen molar-refractivity contribution >= 4 is 35.6 Å². The third-order valence-electron chi connectivity index (χ3n) is 8.76. The van der Waals surface area contributed by atoms with Gasteiger partial charge in [0, 0.05) is 24.0 Å². The number of hydrogen-bond acceptors (Lipinski definition) is 14. The van der Waals surface area contributed by atoms with E-state index in [9.17, 15) is 34.2 Å². The van der Waals surface area contributed by atoms with Crippen LogP contribution in [0.5, 0.6) is 11.6 Å². The molecule has 0 bridgehead atoms. The second kappa shape index (κ2) is 13.8. The molecule has 288 valence electrons. The molecular weight excluding hydrogens is 692 g/mol. The van der Waals surface area contributed by atoms with E-state index in [2.05, 4.69) is 5.16 Å². The highest BCUT2D eigenvalue weighted by atomic mass is 16.7. The summed E-state index contributed by atoms with van der Waals surface area (Å²) >= 11 is 0. The van der Waals surface area contributed by atoms with E-state index in [-0.39, 0.29) is 65.5 Å². The maximum absolute atomic E-state index is 14.5. The van der Waals surface area contributed by atoms with Crippen LogP contribution in [-0.4, -0.2) is 74.3 Å². The quantitative estimate of drug-likeness (QED) is 0.130. The topological polar surface area (TPSA) is 201 Å². The monoisotopic (exact) mass is 740 g/mol. The molecule has 0 radical (unpaired) electrons. The molecule has 53 heavy (non-hydrogen) atoms. The van der Waals surface area contributed by atoms with Crippen LogP contribution in [0.25, 0.3) is 0 Å². The molecule has 1 aromatic carbocycles. The first-order valence-corrected chi connectivity index (χ1v) is 17.7. The minimum Gasteiger partial charge on any atom is -0.508 e. The Labute approximate surface area is 307 Å². The zero-order valence-electron chi connectivity index (χ0n) is 31.8. The van der Waals surface area contributed by atoms with Gasteiger partial charge in [0.25, 0.3) is 5.88 Å². The molecule has 0 saturated heterocycles. The first-order valence-electron chi connectivity index (χ1n) is 17.7. The summed E-state index contributed by atoms with van der Waals surface area (Å²) in [5.74, 6) is -4.57. The zero-order valence-corrected chi connectivity index (χ0v) is 31.8. The number of amides is 2. The number of nitrogens with zero attached hydrogens (tertiary/aromatic N) is 2. The highest BCUT2D eigenvalue weighted by Crippen LogP contribution is 2.52. The van der Waals surface area contributed by atoms with E-state index in [1.165, 1.54) is 6.07 Å². The number of ether oxygens (including phenoxy) is 5. The van der Waals surface area contributed by atoms with Crippen LogP contribution in [0.3, 0.4) is 0 Å². The summed E-state index contributed by atoms with van der Waals surface area (Å²) in [5.41, 5.74) is -6.02. The van der Waals surface area contributed by atoms with Crippen LogP contribution in [0.15, 0.2) is 28.0 Å². The number of allylic oxidation sites excluding steroid dienone is 1. The largest absolute Gasteiger partial charge is 0.514 e. The molecule has 2 aromatic rings. The summed E-state index contributed by atoms with van der Waals surface area (Å²) in [4.78, 5) is 69.4. The summed E-state index contributed by atoms with van der Waals surface area (Å²) in [6, 6.07) is 2.51. The van der Waals surface area contributed by atoms with Crippen molar-refractivity contribution in [3.63, 3.8) is 0 Å². The highest BCUT2D eigenvalue weighted by molar-refractivity contribution is 6.17. The van der Waals surface area contributed by atoms with Crippen molar-refractivity contribution in [2.45, 2.75) is 124 Å². The van der Waals surface area contributed by atoms with Crippen molar-refractivity contribution in [3.8, 4) is 11.6 Å². The lowest BCUT2D eigenvalue weighted by molar-refractivity contribution is -0.0257. The Balaban J connectivity index is 1.64. The Bertz CT molecular complexity index is 1840. The molecule has 0 fully saturated rings. The smallest absolute Gasteiger partial charge is 0.508 e. The molecule has 1 aromatic heterocycles. The second-order valence-electron chi connectivity index (χ2n) is 16.6. The number of carbonyl (C=O) groups is 5. The number of carbonyl (C=O) groups excluding carboxylic acids is 5. The fraction of sp³-hybridized carbons (Fsp3) is 0.579. The minimum absolute atomic E-state index is 0.00483. The molecule has 0 unspecified atom stereocenters. The zero-order chi connectivity index (χ0) is 39.4. The Morgan fingerprint density at radius 2 is 1.53 bits per heavy atom. The van der Waals surface area contributed by atoms with Gasteiger partial charge in [0.15, 0.2) is 17.1 Å². The van der Waals surface area contributed by atoms with E-state index in [0.29, 0.717) is 11.3 Å². The molecule has 1 heterocycles. The van der Waals surface area contributed by atoms with Crippen LogP contribution in [-0.2, 0) is 27.1 Å². The SMILES string of the molecule is CCCCOc1noc2c1C(=O)[C@@]1(O)C(O)=C3C(=O)c4c(cc(N(C(=O)OC(C)(C)C)C(=O)OC(C)(C)C)cc4OC(=O)OC(C)(C)C)C[C@H]3C[C@H]1C2. The lowest BCUT2D eigenvalue weighted by Crippen LogP contribution is -2.56. The van der Waals surface area contributed by atoms with E-state index in [4.69, 9.17) is 28.2 Å². The number of aliphatic hydroxyl groups is 2. The van der Waals surface area contributed by atoms with E-state index in [1.807, 2.05) is 6.92 Å². The molecule has 2 N–H and O–H groups in total. The van der Waals surface area contributed by atoms with Gasteiger partial charge in [-0.3, -0.25) is 9.59 Å². The van der Waals surface area contributed by atoms with E-state index >= 15 is 0 Å². The normalized spacial score (nSPS) is 21.1. The van der Waals surface area contributed by atoms with Gasteiger partial charge >= 0.3 is 18.3 Å². The van der Waals surface area contributed by atoms with E-state index in [0.717, 1.165) is 12.5 Å². The summed E-state index contributed by atoms with van der Waals surface area (Å²) in [6.07, 6.45) is -1.84. The number of Topliss-reactive ketones (excluding diaryl/α,β-unsaturated/α-hetero) is 2. The lowest BCUT2D eigenvalue weighted by atomic mass is 9.60. The summed E-state index contributed by atoms with van der Waals surface area (Å²) in [5, 5.41) is 27.7. The standard InChI is InChI=1S/C38H48N2O13/c1-11-12-13-48-31-27-24(53-39-31)17-21-15-19-14-20-16-22(40(32(44)50-35(2,3)4)33(45)51-36(5,6)7)18-23(49-34(46)52-37(8,9)10)25(20)28(41)26(19)29(42)38(21,47)30(27)43/h16,18-19,21,42,47H,11-15,17H2,1-10H3/t19-,21-,38-/m0/s1. The van der Waals surface area contributed by atoms with Crippen molar-refractivity contribution < 1.29 is 62.4 Å². The van der Waals surface area contributed by atoms with Crippen LogP contribution in [0.1, 0.15) is 121 Å².